The molecule has 0 radical (unpaired) electrons. The lowest BCUT2D eigenvalue weighted by atomic mass is 10.0. The van der Waals surface area contributed by atoms with Crippen LogP contribution in [0.2, 0.25) is 0 Å². The van der Waals surface area contributed by atoms with Gasteiger partial charge in [0.1, 0.15) is 11.3 Å². The second-order valence-electron chi connectivity index (χ2n) is 5.06. The molecule has 3 N–H and O–H groups in total. The molecule has 0 saturated heterocycles. The van der Waals surface area contributed by atoms with Crippen molar-refractivity contribution in [1.29, 1.82) is 0 Å². The molecule has 0 bridgehead atoms. The quantitative estimate of drug-likeness (QED) is 0.589. The molecule has 0 spiro atoms. The lowest BCUT2D eigenvalue weighted by Gasteiger charge is -2.05. The average Bonchev–Trinajstić information content (AvgIpc) is 2.95. The standard InChI is InChI=1S/C16H13N5/c17-14-9-13(15-16(18-14)20-21-19-15)8-10-5-6-11-3-1-2-4-12(11)7-10/h1-7,9H,8H2,(H3,17,18,19,20,21). The van der Waals surface area contributed by atoms with Crippen molar-refractivity contribution in [2.75, 3.05) is 5.73 Å². The summed E-state index contributed by atoms with van der Waals surface area (Å²) in [5, 5.41) is 13.2. The number of hydrogen-bond acceptors (Lipinski definition) is 4. The van der Waals surface area contributed by atoms with Crippen LogP contribution in [0.4, 0.5) is 5.82 Å². The summed E-state index contributed by atoms with van der Waals surface area (Å²) in [7, 11) is 0. The number of aromatic nitrogens is 4. The second kappa shape index (κ2) is 4.56. The molecule has 0 fully saturated rings. The Hall–Kier alpha value is -2.95. The average molecular weight is 275 g/mol. The highest BCUT2D eigenvalue weighted by Gasteiger charge is 2.09. The molecule has 5 nitrogen and oxygen atoms in total. The molecule has 0 aliphatic carbocycles. The summed E-state index contributed by atoms with van der Waals surface area (Å²) in [6.07, 6.45) is 0.751. The summed E-state index contributed by atoms with van der Waals surface area (Å²) in [5.74, 6) is 0.465. The first-order valence-corrected chi connectivity index (χ1v) is 6.73. The van der Waals surface area contributed by atoms with E-state index in [4.69, 9.17) is 5.73 Å². The first kappa shape index (κ1) is 11.8. The van der Waals surface area contributed by atoms with Gasteiger partial charge in [-0.2, -0.15) is 10.3 Å². The number of hydrogen-bond donors (Lipinski definition) is 2. The fourth-order valence-corrected chi connectivity index (χ4v) is 2.62. The van der Waals surface area contributed by atoms with E-state index in [-0.39, 0.29) is 0 Å². The molecular formula is C16H13N5. The van der Waals surface area contributed by atoms with Crippen LogP contribution < -0.4 is 5.73 Å². The number of benzene rings is 2. The topological polar surface area (TPSA) is 80.5 Å². The smallest absolute Gasteiger partial charge is 0.203 e. The minimum absolute atomic E-state index is 0.465. The van der Waals surface area contributed by atoms with Gasteiger partial charge in [-0.1, -0.05) is 42.5 Å². The number of rotatable bonds is 2. The van der Waals surface area contributed by atoms with Crippen LogP contribution in [0.5, 0.6) is 0 Å². The Kier molecular flexibility index (Phi) is 2.57. The Morgan fingerprint density at radius 3 is 2.71 bits per heavy atom. The number of nitrogens with two attached hydrogens (primary N) is 1. The summed E-state index contributed by atoms with van der Waals surface area (Å²) in [6, 6.07) is 16.6. The number of H-pyrrole nitrogens is 1. The molecule has 102 valence electrons. The van der Waals surface area contributed by atoms with Gasteiger partial charge in [0.05, 0.1) is 0 Å². The number of anilines is 1. The maximum absolute atomic E-state index is 5.84. The van der Waals surface area contributed by atoms with E-state index in [0.717, 1.165) is 17.5 Å². The molecule has 2 aromatic heterocycles. The largest absolute Gasteiger partial charge is 0.384 e. The van der Waals surface area contributed by atoms with Crippen molar-refractivity contribution < 1.29 is 0 Å². The number of nitrogens with zero attached hydrogens (tertiary/aromatic N) is 3. The Morgan fingerprint density at radius 2 is 1.81 bits per heavy atom. The fourth-order valence-electron chi connectivity index (χ4n) is 2.62. The maximum Gasteiger partial charge on any atom is 0.203 e. The predicted molar refractivity (Wildman–Crippen MR) is 82.9 cm³/mol. The van der Waals surface area contributed by atoms with Crippen molar-refractivity contribution in [3.05, 3.63) is 59.7 Å². The van der Waals surface area contributed by atoms with Crippen LogP contribution in [-0.2, 0) is 6.42 Å². The zero-order valence-corrected chi connectivity index (χ0v) is 11.2. The van der Waals surface area contributed by atoms with E-state index in [0.29, 0.717) is 11.5 Å². The summed E-state index contributed by atoms with van der Waals surface area (Å²) in [5.41, 5.74) is 9.41. The van der Waals surface area contributed by atoms with Gasteiger partial charge in [0.2, 0.25) is 5.65 Å². The van der Waals surface area contributed by atoms with Gasteiger partial charge >= 0.3 is 0 Å². The highest BCUT2D eigenvalue weighted by atomic mass is 15.3. The Bertz CT molecular complexity index is 942. The SMILES string of the molecule is Nc1cc(Cc2ccc3ccccc3c2)c2n[nH]nc2n1. The molecule has 4 rings (SSSR count). The molecule has 0 atom stereocenters. The first-order chi connectivity index (χ1) is 10.3. The van der Waals surface area contributed by atoms with Crippen LogP contribution >= 0.6 is 0 Å². The van der Waals surface area contributed by atoms with E-state index in [1.165, 1.54) is 16.3 Å². The zero-order chi connectivity index (χ0) is 14.2. The van der Waals surface area contributed by atoms with E-state index in [2.05, 4.69) is 50.7 Å². The van der Waals surface area contributed by atoms with Crippen LogP contribution in [0.3, 0.4) is 0 Å². The van der Waals surface area contributed by atoms with Crippen LogP contribution in [0, 0.1) is 0 Å². The number of nitrogen functional groups attached to an aromatic ring is 1. The molecule has 21 heavy (non-hydrogen) atoms. The molecule has 4 aromatic rings. The minimum atomic E-state index is 0.465. The molecule has 5 heteroatoms. The van der Waals surface area contributed by atoms with Gasteiger partial charge in [0, 0.05) is 0 Å². The molecule has 2 aromatic carbocycles. The summed E-state index contributed by atoms with van der Waals surface area (Å²) in [6.45, 7) is 0. The molecule has 0 saturated carbocycles. The summed E-state index contributed by atoms with van der Waals surface area (Å²) in [4.78, 5) is 4.16. The zero-order valence-electron chi connectivity index (χ0n) is 11.2. The van der Waals surface area contributed by atoms with Crippen LogP contribution in [-0.4, -0.2) is 20.4 Å². The van der Waals surface area contributed by atoms with Gasteiger partial charge < -0.3 is 5.73 Å². The lowest BCUT2D eigenvalue weighted by molar-refractivity contribution is 0.953. The van der Waals surface area contributed by atoms with Gasteiger partial charge in [-0.25, -0.2) is 4.98 Å². The number of pyridine rings is 1. The van der Waals surface area contributed by atoms with E-state index in [1.807, 2.05) is 18.2 Å². The Labute approximate surface area is 120 Å². The molecular weight excluding hydrogens is 262 g/mol. The maximum atomic E-state index is 5.84. The molecule has 0 aliphatic rings. The molecule has 0 amide bonds. The molecule has 2 heterocycles. The van der Waals surface area contributed by atoms with Crippen molar-refractivity contribution in [3.63, 3.8) is 0 Å². The van der Waals surface area contributed by atoms with Gasteiger partial charge in [0.15, 0.2) is 0 Å². The number of aromatic amines is 1. The summed E-state index contributed by atoms with van der Waals surface area (Å²) < 4.78 is 0. The van der Waals surface area contributed by atoms with E-state index < -0.39 is 0 Å². The third-order valence-corrected chi connectivity index (χ3v) is 3.60. The van der Waals surface area contributed by atoms with Crippen molar-refractivity contribution in [2.24, 2.45) is 0 Å². The van der Waals surface area contributed by atoms with Crippen molar-refractivity contribution >= 4 is 27.8 Å². The first-order valence-electron chi connectivity index (χ1n) is 6.73. The minimum Gasteiger partial charge on any atom is -0.384 e. The third kappa shape index (κ3) is 2.08. The van der Waals surface area contributed by atoms with E-state index in [1.54, 1.807) is 0 Å². The van der Waals surface area contributed by atoms with Crippen LogP contribution in [0.15, 0.2) is 48.5 Å². The van der Waals surface area contributed by atoms with Crippen molar-refractivity contribution in [1.82, 2.24) is 20.4 Å². The molecule has 0 aliphatic heterocycles. The van der Waals surface area contributed by atoms with Crippen molar-refractivity contribution in [2.45, 2.75) is 6.42 Å². The third-order valence-electron chi connectivity index (χ3n) is 3.60. The monoisotopic (exact) mass is 275 g/mol. The fraction of sp³-hybridized carbons (Fsp3) is 0.0625. The molecule has 0 unspecified atom stereocenters. The Balaban J connectivity index is 1.80. The van der Waals surface area contributed by atoms with Crippen molar-refractivity contribution in [3.8, 4) is 0 Å². The van der Waals surface area contributed by atoms with E-state index in [9.17, 15) is 0 Å². The van der Waals surface area contributed by atoms with Crippen LogP contribution in [0.1, 0.15) is 11.1 Å². The Morgan fingerprint density at radius 1 is 0.952 bits per heavy atom. The van der Waals surface area contributed by atoms with Crippen LogP contribution in [0.25, 0.3) is 21.9 Å². The van der Waals surface area contributed by atoms with Gasteiger partial charge in [-0.15, -0.1) is 5.10 Å². The number of fused-ring (bicyclic) bond motifs is 2. The van der Waals surface area contributed by atoms with Gasteiger partial charge in [-0.3, -0.25) is 0 Å². The normalized spacial score (nSPS) is 11.2. The number of nitrogens with one attached hydrogen (secondary N) is 1. The highest BCUT2D eigenvalue weighted by Crippen LogP contribution is 2.21. The van der Waals surface area contributed by atoms with Gasteiger partial charge in [-0.05, 0) is 34.4 Å². The lowest BCUT2D eigenvalue weighted by Crippen LogP contribution is -1.96. The van der Waals surface area contributed by atoms with Gasteiger partial charge in [0.25, 0.3) is 0 Å². The predicted octanol–water partition coefficient (Wildman–Crippen LogP) is 2.68. The summed E-state index contributed by atoms with van der Waals surface area (Å²) >= 11 is 0. The second-order valence-corrected chi connectivity index (χ2v) is 5.06. The van der Waals surface area contributed by atoms with E-state index >= 15 is 0 Å². The highest BCUT2D eigenvalue weighted by molar-refractivity contribution is 5.83.